The minimum absolute atomic E-state index is 0.0109. The van der Waals surface area contributed by atoms with Crippen molar-refractivity contribution in [1.29, 1.82) is 0 Å². The molecule has 2 atom stereocenters. The second kappa shape index (κ2) is 19.3. The lowest BCUT2D eigenvalue weighted by Crippen LogP contribution is -2.23. The molecule has 1 aliphatic heterocycles. The quantitative estimate of drug-likeness (QED) is 0.167. The average molecular weight is 541 g/mol. The summed E-state index contributed by atoms with van der Waals surface area (Å²) in [6, 6.07) is 23.7. The summed E-state index contributed by atoms with van der Waals surface area (Å²) in [6.07, 6.45) is 4.72. The summed E-state index contributed by atoms with van der Waals surface area (Å²) in [5.41, 5.74) is 2.69. The van der Waals surface area contributed by atoms with Crippen LogP contribution in [0.15, 0.2) is 60.7 Å². The molecule has 202 valence electrons. The Hall–Kier alpha value is -1.77. The van der Waals surface area contributed by atoms with Crippen LogP contribution in [0.3, 0.4) is 0 Å². The third-order valence-electron chi connectivity index (χ3n) is 6.33. The SMILES string of the molecule is CC[SiH2]OCCCOCC(CC#CCOC1CCCCO1)O[SiH2]CC(c1ccccc1)c1ccccc1. The number of hydrogen-bond donors (Lipinski definition) is 0. The fourth-order valence-electron chi connectivity index (χ4n) is 4.35. The van der Waals surface area contributed by atoms with Crippen LogP contribution in [-0.2, 0) is 23.1 Å². The zero-order valence-corrected chi connectivity index (χ0v) is 25.3. The van der Waals surface area contributed by atoms with Crippen LogP contribution >= 0.6 is 0 Å². The van der Waals surface area contributed by atoms with Gasteiger partial charge < -0.3 is 23.1 Å². The zero-order valence-electron chi connectivity index (χ0n) is 22.4. The molecule has 0 aliphatic carbocycles. The Kier molecular flexibility index (Phi) is 15.6. The lowest BCUT2D eigenvalue weighted by Gasteiger charge is -2.21. The van der Waals surface area contributed by atoms with E-state index in [1.807, 2.05) is 0 Å². The van der Waals surface area contributed by atoms with Gasteiger partial charge in [-0.15, -0.1) is 0 Å². The first-order valence-corrected chi connectivity index (χ1v) is 17.1. The summed E-state index contributed by atoms with van der Waals surface area (Å²) in [4.78, 5) is 0. The first kappa shape index (κ1) is 29.8. The highest BCUT2D eigenvalue weighted by Crippen LogP contribution is 2.28. The van der Waals surface area contributed by atoms with Gasteiger partial charge in [-0.3, -0.25) is 0 Å². The second-order valence-electron chi connectivity index (χ2n) is 9.36. The first-order valence-electron chi connectivity index (χ1n) is 13.9. The molecule has 1 heterocycles. The van der Waals surface area contributed by atoms with E-state index in [0.29, 0.717) is 32.2 Å². The molecule has 0 spiro atoms. The molecule has 1 saturated heterocycles. The Balaban J connectivity index is 1.48. The Morgan fingerprint density at radius 1 is 0.946 bits per heavy atom. The lowest BCUT2D eigenvalue weighted by molar-refractivity contribution is -0.154. The predicted molar refractivity (Wildman–Crippen MR) is 155 cm³/mol. The molecule has 7 heteroatoms. The van der Waals surface area contributed by atoms with Crippen molar-refractivity contribution in [2.24, 2.45) is 0 Å². The Morgan fingerprint density at radius 3 is 2.38 bits per heavy atom. The van der Waals surface area contributed by atoms with E-state index in [4.69, 9.17) is 23.1 Å². The number of rotatable bonds is 17. The van der Waals surface area contributed by atoms with E-state index in [2.05, 4.69) is 79.4 Å². The van der Waals surface area contributed by atoms with Crippen molar-refractivity contribution in [2.45, 2.75) is 69.4 Å². The highest BCUT2D eigenvalue weighted by atomic mass is 28.2. The van der Waals surface area contributed by atoms with Crippen molar-refractivity contribution >= 4 is 19.5 Å². The summed E-state index contributed by atoms with van der Waals surface area (Å²) >= 11 is 0. The molecule has 2 aromatic carbocycles. The minimum atomic E-state index is -0.796. The molecule has 0 aromatic heterocycles. The standard InChI is InChI=1S/C30H44O5Si2/c1-2-36-34-23-13-20-31-24-28(18-9-11-21-32-30-19-10-12-22-33-30)35-37-25-29(26-14-5-3-6-15-26)27-16-7-4-8-17-27/h3-8,14-17,28-30H,2,10,12-13,18-25,36-37H2,1H3. The molecule has 0 saturated carbocycles. The average Bonchev–Trinajstić information content (AvgIpc) is 2.95. The predicted octanol–water partition coefficient (Wildman–Crippen LogP) is 4.59. The first-order chi connectivity index (χ1) is 18.4. The van der Waals surface area contributed by atoms with Gasteiger partial charge in [0.1, 0.15) is 6.61 Å². The maximum atomic E-state index is 6.48. The van der Waals surface area contributed by atoms with Crippen LogP contribution in [0.2, 0.25) is 12.1 Å². The summed E-state index contributed by atoms with van der Waals surface area (Å²) in [5, 5.41) is 0. The molecular formula is C30H44O5Si2. The molecule has 0 bridgehead atoms. The summed E-state index contributed by atoms with van der Waals surface area (Å²) < 4.78 is 29.5. The van der Waals surface area contributed by atoms with Gasteiger partial charge in [0.05, 0.1) is 12.7 Å². The molecule has 2 unspecified atom stereocenters. The third-order valence-corrected chi connectivity index (χ3v) is 8.83. The van der Waals surface area contributed by atoms with Gasteiger partial charge in [0.25, 0.3) is 0 Å². The lowest BCUT2D eigenvalue weighted by atomic mass is 9.93. The summed E-state index contributed by atoms with van der Waals surface area (Å²) in [7, 11) is -1.13. The molecule has 0 N–H and O–H groups in total. The molecule has 1 fully saturated rings. The fourth-order valence-corrected chi connectivity index (χ4v) is 6.64. The van der Waals surface area contributed by atoms with Crippen molar-refractivity contribution in [3.8, 4) is 11.8 Å². The van der Waals surface area contributed by atoms with Crippen LogP contribution in [0.5, 0.6) is 0 Å². The van der Waals surface area contributed by atoms with Crippen LogP contribution in [0.25, 0.3) is 0 Å². The molecule has 2 aromatic rings. The number of benzene rings is 2. The van der Waals surface area contributed by atoms with Crippen molar-refractivity contribution in [3.63, 3.8) is 0 Å². The van der Waals surface area contributed by atoms with Gasteiger partial charge in [-0.1, -0.05) is 79.4 Å². The van der Waals surface area contributed by atoms with E-state index < -0.39 is 9.76 Å². The Morgan fingerprint density at radius 2 is 1.70 bits per heavy atom. The Bertz CT molecular complexity index is 842. The maximum absolute atomic E-state index is 6.48. The summed E-state index contributed by atoms with van der Waals surface area (Å²) in [6.45, 7) is 5.44. The highest BCUT2D eigenvalue weighted by Gasteiger charge is 2.16. The molecule has 37 heavy (non-hydrogen) atoms. The second-order valence-corrected chi connectivity index (χ2v) is 12.5. The van der Waals surface area contributed by atoms with Crippen molar-refractivity contribution < 1.29 is 23.1 Å². The summed E-state index contributed by atoms with van der Waals surface area (Å²) in [5.74, 6) is 6.77. The van der Waals surface area contributed by atoms with Crippen LogP contribution in [0.1, 0.15) is 56.1 Å². The molecular weight excluding hydrogens is 496 g/mol. The van der Waals surface area contributed by atoms with Crippen molar-refractivity contribution in [1.82, 2.24) is 0 Å². The number of ether oxygens (including phenoxy) is 3. The van der Waals surface area contributed by atoms with Crippen molar-refractivity contribution in [2.75, 3.05) is 33.0 Å². The normalized spacial score (nSPS) is 17.0. The largest absolute Gasteiger partial charge is 0.424 e. The van der Waals surface area contributed by atoms with E-state index >= 15 is 0 Å². The van der Waals surface area contributed by atoms with Gasteiger partial charge in [-0.25, -0.2) is 0 Å². The number of hydrogen-bond acceptors (Lipinski definition) is 5. The van der Waals surface area contributed by atoms with Gasteiger partial charge in [-0.05, 0) is 48.9 Å². The Labute approximate surface area is 228 Å². The monoisotopic (exact) mass is 540 g/mol. The van der Waals surface area contributed by atoms with E-state index in [1.54, 1.807) is 0 Å². The molecule has 0 radical (unpaired) electrons. The molecule has 1 aliphatic rings. The van der Waals surface area contributed by atoms with E-state index in [1.165, 1.54) is 17.2 Å². The molecule has 0 amide bonds. The van der Waals surface area contributed by atoms with Crippen LogP contribution < -0.4 is 0 Å². The van der Waals surface area contributed by atoms with Gasteiger partial charge in [0, 0.05) is 32.2 Å². The van der Waals surface area contributed by atoms with E-state index in [0.717, 1.165) is 44.9 Å². The smallest absolute Gasteiger partial charge is 0.163 e. The maximum Gasteiger partial charge on any atom is 0.163 e. The topological polar surface area (TPSA) is 46.2 Å². The van der Waals surface area contributed by atoms with Crippen LogP contribution in [0.4, 0.5) is 0 Å². The van der Waals surface area contributed by atoms with Gasteiger partial charge in [-0.2, -0.15) is 0 Å². The van der Waals surface area contributed by atoms with Crippen LogP contribution in [-0.4, -0.2) is 65.0 Å². The zero-order chi connectivity index (χ0) is 25.8. The van der Waals surface area contributed by atoms with Gasteiger partial charge in [0.15, 0.2) is 25.8 Å². The molecule has 5 nitrogen and oxygen atoms in total. The van der Waals surface area contributed by atoms with E-state index in [-0.39, 0.29) is 22.2 Å². The minimum Gasteiger partial charge on any atom is -0.424 e. The van der Waals surface area contributed by atoms with Gasteiger partial charge in [0.2, 0.25) is 0 Å². The highest BCUT2D eigenvalue weighted by molar-refractivity contribution is 6.27. The van der Waals surface area contributed by atoms with E-state index in [9.17, 15) is 0 Å². The fraction of sp³-hybridized carbons (Fsp3) is 0.533. The van der Waals surface area contributed by atoms with Crippen molar-refractivity contribution in [3.05, 3.63) is 71.8 Å². The third kappa shape index (κ3) is 12.6. The van der Waals surface area contributed by atoms with Crippen LogP contribution in [0, 0.1) is 11.8 Å². The molecule has 3 rings (SSSR count). The van der Waals surface area contributed by atoms with Gasteiger partial charge >= 0.3 is 0 Å².